The molecule has 4 rings (SSSR count). The predicted octanol–water partition coefficient (Wildman–Crippen LogP) is 4.66. The number of furan rings is 1. The molecule has 1 amide bonds. The topological polar surface area (TPSA) is 118 Å². The van der Waals surface area contributed by atoms with Crippen molar-refractivity contribution in [3.05, 3.63) is 35.6 Å². The summed E-state index contributed by atoms with van der Waals surface area (Å²) >= 11 is 0. The monoisotopic (exact) mass is 439 g/mol. The van der Waals surface area contributed by atoms with E-state index >= 15 is 0 Å². The van der Waals surface area contributed by atoms with Gasteiger partial charge in [0.15, 0.2) is 0 Å². The molecule has 1 aromatic carbocycles. The molecule has 2 aliphatic carbocycles. The molecule has 1 heterocycles. The predicted molar refractivity (Wildman–Crippen MR) is 123 cm³/mol. The molecule has 2 aliphatic rings. The Labute approximate surface area is 188 Å². The van der Waals surface area contributed by atoms with Crippen LogP contribution in [0.3, 0.4) is 0 Å². The Balaban J connectivity index is 1.54. The quantitative estimate of drug-likeness (QED) is 0.329. The normalized spacial score (nSPS) is 18.9. The first-order chi connectivity index (χ1) is 15.5. The Hall–Kier alpha value is -2.83. The number of benzene rings is 1. The molecule has 1 aromatic heterocycles. The number of fused-ring (bicyclic) bond motifs is 1. The summed E-state index contributed by atoms with van der Waals surface area (Å²) in [7, 11) is 0. The summed E-state index contributed by atoms with van der Waals surface area (Å²) in [5, 5.41) is 11.8. The Kier molecular flexibility index (Phi) is 7.12. The van der Waals surface area contributed by atoms with E-state index in [1.165, 1.54) is 19.1 Å². The van der Waals surface area contributed by atoms with Crippen molar-refractivity contribution in [3.63, 3.8) is 0 Å². The van der Waals surface area contributed by atoms with Gasteiger partial charge in [-0.25, -0.2) is 0 Å². The number of nitrogens with one attached hydrogen (secondary N) is 2. The van der Waals surface area contributed by atoms with Crippen LogP contribution in [0.4, 0.5) is 0 Å². The van der Waals surface area contributed by atoms with Crippen molar-refractivity contribution >= 4 is 28.7 Å². The number of nitrogen functional groups attached to an aromatic ring is 1. The molecule has 0 saturated heterocycles. The highest BCUT2D eigenvalue weighted by Crippen LogP contribution is 2.30. The molecule has 7 heteroatoms. The van der Waals surface area contributed by atoms with Crippen molar-refractivity contribution in [2.24, 2.45) is 11.7 Å². The summed E-state index contributed by atoms with van der Waals surface area (Å²) in [5.74, 6) is -0.574. The van der Waals surface area contributed by atoms with Crippen molar-refractivity contribution in [2.75, 3.05) is 0 Å². The number of nitrogens with two attached hydrogens (primary N) is 1. The Morgan fingerprint density at radius 2 is 1.75 bits per heavy atom. The Morgan fingerprint density at radius 3 is 2.44 bits per heavy atom. The number of hydrogen-bond acceptors (Lipinski definition) is 5. The van der Waals surface area contributed by atoms with Crippen LogP contribution in [-0.2, 0) is 9.53 Å². The van der Waals surface area contributed by atoms with Crippen molar-refractivity contribution in [2.45, 2.75) is 82.8 Å². The zero-order valence-electron chi connectivity index (χ0n) is 18.5. The van der Waals surface area contributed by atoms with Crippen LogP contribution in [-0.4, -0.2) is 29.9 Å². The molecule has 2 aromatic rings. The van der Waals surface area contributed by atoms with Gasteiger partial charge in [0, 0.05) is 17.0 Å². The highest BCUT2D eigenvalue weighted by molar-refractivity contribution is 6.14. The van der Waals surface area contributed by atoms with E-state index in [1.807, 2.05) is 0 Å². The van der Waals surface area contributed by atoms with Gasteiger partial charge in [-0.15, -0.1) is 0 Å². The number of esters is 1. The number of carbonyl (C=O) groups is 2. The second-order valence-corrected chi connectivity index (χ2v) is 9.17. The zero-order valence-corrected chi connectivity index (χ0v) is 18.5. The van der Waals surface area contributed by atoms with Crippen LogP contribution in [0.15, 0.2) is 28.9 Å². The maximum absolute atomic E-state index is 13.4. The standard InChI is InChI=1S/C25H33N3O4/c26-24(27)19-12-11-17-13-14-31-23(17)22(19)25(30)28-20(16-7-3-1-4-8-16)15-21(29)32-18-9-5-2-6-10-18/h11-14,16,18,20H,1-10,15H2,(H3,26,27)(H,28,30). The maximum atomic E-state index is 13.4. The molecule has 172 valence electrons. The third-order valence-electron chi connectivity index (χ3n) is 6.91. The van der Waals surface area contributed by atoms with Gasteiger partial charge in [-0.3, -0.25) is 15.0 Å². The lowest BCUT2D eigenvalue weighted by Crippen LogP contribution is -2.43. The van der Waals surface area contributed by atoms with Gasteiger partial charge in [0.25, 0.3) is 5.91 Å². The van der Waals surface area contributed by atoms with Crippen molar-refractivity contribution in [3.8, 4) is 0 Å². The summed E-state index contributed by atoms with van der Waals surface area (Å²) in [6.45, 7) is 0. The van der Waals surface area contributed by atoms with Crippen LogP contribution in [0.2, 0.25) is 0 Å². The Morgan fingerprint density at radius 1 is 1.06 bits per heavy atom. The second-order valence-electron chi connectivity index (χ2n) is 9.17. The highest BCUT2D eigenvalue weighted by atomic mass is 16.5. The molecule has 1 unspecified atom stereocenters. The minimum Gasteiger partial charge on any atom is -0.463 e. The number of carbonyl (C=O) groups excluding carboxylic acids is 2. The summed E-state index contributed by atoms with van der Waals surface area (Å²) < 4.78 is 11.3. The fourth-order valence-electron chi connectivity index (χ4n) is 5.19. The van der Waals surface area contributed by atoms with E-state index < -0.39 is 0 Å². The first-order valence-electron chi connectivity index (χ1n) is 11.9. The molecule has 2 fully saturated rings. The summed E-state index contributed by atoms with van der Waals surface area (Å²) in [6.07, 6.45) is 12.3. The fourth-order valence-corrected chi connectivity index (χ4v) is 5.19. The molecular weight excluding hydrogens is 406 g/mol. The summed E-state index contributed by atoms with van der Waals surface area (Å²) in [4.78, 5) is 26.2. The van der Waals surface area contributed by atoms with Gasteiger partial charge in [0.2, 0.25) is 0 Å². The van der Waals surface area contributed by atoms with E-state index in [4.69, 9.17) is 20.3 Å². The molecular formula is C25H33N3O4. The molecule has 32 heavy (non-hydrogen) atoms. The van der Waals surface area contributed by atoms with Gasteiger partial charge in [-0.05, 0) is 56.6 Å². The highest BCUT2D eigenvalue weighted by Gasteiger charge is 2.31. The van der Waals surface area contributed by atoms with Crippen LogP contribution in [0, 0.1) is 11.3 Å². The molecule has 1 atom stereocenters. The molecule has 4 N–H and O–H groups in total. The van der Waals surface area contributed by atoms with Crippen LogP contribution in [0.1, 0.15) is 86.6 Å². The second kappa shape index (κ2) is 10.2. The number of ether oxygens (including phenoxy) is 1. The van der Waals surface area contributed by atoms with Gasteiger partial charge in [0.05, 0.1) is 18.2 Å². The summed E-state index contributed by atoms with van der Waals surface area (Å²) in [5.41, 5.74) is 6.75. The third-order valence-corrected chi connectivity index (χ3v) is 6.91. The minimum atomic E-state index is -0.364. The average Bonchev–Trinajstić information content (AvgIpc) is 3.28. The number of amidine groups is 1. The van der Waals surface area contributed by atoms with E-state index in [1.54, 1.807) is 18.2 Å². The van der Waals surface area contributed by atoms with Gasteiger partial charge in [0.1, 0.15) is 17.5 Å². The minimum absolute atomic E-state index is 0.000129. The van der Waals surface area contributed by atoms with Crippen LogP contribution < -0.4 is 11.1 Å². The van der Waals surface area contributed by atoms with Gasteiger partial charge in [-0.1, -0.05) is 31.7 Å². The first kappa shape index (κ1) is 22.4. The van der Waals surface area contributed by atoms with E-state index in [9.17, 15) is 9.59 Å². The van der Waals surface area contributed by atoms with Crippen molar-refractivity contribution < 1.29 is 18.7 Å². The van der Waals surface area contributed by atoms with Gasteiger partial charge in [-0.2, -0.15) is 0 Å². The Bertz CT molecular complexity index is 971. The van der Waals surface area contributed by atoms with Crippen LogP contribution in [0.5, 0.6) is 0 Å². The van der Waals surface area contributed by atoms with E-state index in [0.29, 0.717) is 11.1 Å². The maximum Gasteiger partial charge on any atom is 0.308 e. The third kappa shape index (κ3) is 5.14. The number of rotatable bonds is 7. The van der Waals surface area contributed by atoms with Crippen LogP contribution >= 0.6 is 0 Å². The molecule has 0 spiro atoms. The SMILES string of the molecule is N=C(N)c1ccc2ccoc2c1C(=O)NC(CC(=O)OC1CCCCC1)C1CCCCC1. The van der Waals surface area contributed by atoms with Gasteiger partial charge >= 0.3 is 5.97 Å². The number of hydrogen-bond donors (Lipinski definition) is 3. The zero-order chi connectivity index (χ0) is 22.5. The summed E-state index contributed by atoms with van der Waals surface area (Å²) in [6, 6.07) is 4.91. The van der Waals surface area contributed by atoms with E-state index in [0.717, 1.165) is 56.8 Å². The lowest BCUT2D eigenvalue weighted by Gasteiger charge is -2.31. The molecule has 0 radical (unpaired) electrons. The van der Waals surface area contributed by atoms with Crippen LogP contribution in [0.25, 0.3) is 11.0 Å². The average molecular weight is 440 g/mol. The molecule has 0 bridgehead atoms. The lowest BCUT2D eigenvalue weighted by atomic mass is 9.82. The molecule has 7 nitrogen and oxygen atoms in total. The molecule has 0 aliphatic heterocycles. The van der Waals surface area contributed by atoms with E-state index in [-0.39, 0.29) is 47.8 Å². The van der Waals surface area contributed by atoms with Gasteiger partial charge < -0.3 is 20.2 Å². The fraction of sp³-hybridized carbons (Fsp3) is 0.560. The smallest absolute Gasteiger partial charge is 0.308 e. The van der Waals surface area contributed by atoms with E-state index in [2.05, 4.69) is 5.32 Å². The number of amides is 1. The first-order valence-corrected chi connectivity index (χ1v) is 11.9. The van der Waals surface area contributed by atoms with Crippen molar-refractivity contribution in [1.82, 2.24) is 5.32 Å². The van der Waals surface area contributed by atoms with Crippen molar-refractivity contribution in [1.29, 1.82) is 5.41 Å². The lowest BCUT2D eigenvalue weighted by molar-refractivity contribution is -0.151. The largest absolute Gasteiger partial charge is 0.463 e. The molecule has 2 saturated carbocycles.